The molecule has 1 aromatic heterocycles. The molecule has 0 fully saturated rings. The number of nitrogens with two attached hydrogens (primary N) is 1. The Morgan fingerprint density at radius 3 is 2.65 bits per heavy atom. The highest BCUT2D eigenvalue weighted by Gasteiger charge is 2.34. The normalized spacial score (nSPS) is 15.0. The van der Waals surface area contributed by atoms with Crippen molar-refractivity contribution in [2.75, 3.05) is 0 Å². The molecule has 1 atom stereocenters. The van der Waals surface area contributed by atoms with E-state index in [9.17, 15) is 13.2 Å². The van der Waals surface area contributed by atoms with Crippen LogP contribution < -0.4 is 5.73 Å². The van der Waals surface area contributed by atoms with Crippen LogP contribution in [0.15, 0.2) is 11.2 Å². The molecule has 0 saturated heterocycles. The molecule has 3 N–H and O–H groups in total. The number of nitrogens with zero attached hydrogens (tertiary/aromatic N) is 3. The van der Waals surface area contributed by atoms with Crippen molar-refractivity contribution in [3.05, 3.63) is 17.5 Å². The molecule has 5 nitrogen and oxygen atoms in total. The van der Waals surface area contributed by atoms with Gasteiger partial charge in [-0.1, -0.05) is 12.1 Å². The van der Waals surface area contributed by atoms with Gasteiger partial charge in [-0.25, -0.2) is 0 Å². The van der Waals surface area contributed by atoms with Crippen molar-refractivity contribution in [3.8, 4) is 0 Å². The van der Waals surface area contributed by atoms with Crippen LogP contribution >= 0.6 is 0 Å². The van der Waals surface area contributed by atoms with Crippen LogP contribution in [-0.2, 0) is 12.7 Å². The lowest BCUT2D eigenvalue weighted by molar-refractivity contribution is -0.141. The number of oxime groups is 1. The minimum Gasteiger partial charge on any atom is -0.409 e. The van der Waals surface area contributed by atoms with E-state index in [-0.39, 0.29) is 12.4 Å². The van der Waals surface area contributed by atoms with Crippen molar-refractivity contribution in [2.45, 2.75) is 26.6 Å². The average molecular weight is 250 g/mol. The van der Waals surface area contributed by atoms with E-state index >= 15 is 0 Å². The summed E-state index contributed by atoms with van der Waals surface area (Å²) in [5.41, 5.74) is 4.77. The van der Waals surface area contributed by atoms with E-state index in [0.717, 1.165) is 6.07 Å². The average Bonchev–Trinajstić information content (AvgIpc) is 2.58. The second kappa shape index (κ2) is 4.64. The SMILES string of the molecule is Cc1cc(C(F)(F)F)nn1CC(C)/C(N)=N\O. The third kappa shape index (κ3) is 3.11. The van der Waals surface area contributed by atoms with Gasteiger partial charge < -0.3 is 10.9 Å². The summed E-state index contributed by atoms with van der Waals surface area (Å²) >= 11 is 0. The Labute approximate surface area is 95.7 Å². The predicted octanol–water partition coefficient (Wildman–Crippen LogP) is 1.59. The van der Waals surface area contributed by atoms with Gasteiger partial charge in [-0.3, -0.25) is 4.68 Å². The van der Waals surface area contributed by atoms with E-state index in [1.807, 2.05) is 0 Å². The summed E-state index contributed by atoms with van der Waals surface area (Å²) in [6.45, 7) is 3.27. The van der Waals surface area contributed by atoms with Crippen molar-refractivity contribution in [1.29, 1.82) is 0 Å². The fraction of sp³-hybridized carbons (Fsp3) is 0.556. The predicted molar refractivity (Wildman–Crippen MR) is 54.5 cm³/mol. The molecule has 8 heteroatoms. The van der Waals surface area contributed by atoms with Gasteiger partial charge >= 0.3 is 6.18 Å². The van der Waals surface area contributed by atoms with Crippen LogP contribution in [-0.4, -0.2) is 20.8 Å². The number of alkyl halides is 3. The second-order valence-corrected chi connectivity index (χ2v) is 3.78. The molecule has 0 radical (unpaired) electrons. The molecule has 96 valence electrons. The molecule has 0 amide bonds. The molecule has 0 aliphatic carbocycles. The maximum Gasteiger partial charge on any atom is 0.435 e. The van der Waals surface area contributed by atoms with Crippen molar-refractivity contribution in [2.24, 2.45) is 16.8 Å². The van der Waals surface area contributed by atoms with Crippen LogP contribution in [0.1, 0.15) is 18.3 Å². The highest BCUT2D eigenvalue weighted by atomic mass is 19.4. The minimum atomic E-state index is -4.46. The highest BCUT2D eigenvalue weighted by Crippen LogP contribution is 2.28. The summed E-state index contributed by atoms with van der Waals surface area (Å²) in [7, 11) is 0. The lowest BCUT2D eigenvalue weighted by Crippen LogP contribution is -2.26. The molecule has 0 aliphatic heterocycles. The van der Waals surface area contributed by atoms with E-state index in [2.05, 4.69) is 10.3 Å². The zero-order valence-corrected chi connectivity index (χ0v) is 9.36. The number of halogens is 3. The Bertz CT molecular complexity index is 424. The molecule has 17 heavy (non-hydrogen) atoms. The van der Waals surface area contributed by atoms with Gasteiger partial charge in [-0.05, 0) is 13.0 Å². The maximum atomic E-state index is 12.4. The number of amidine groups is 1. The van der Waals surface area contributed by atoms with E-state index in [0.29, 0.717) is 5.69 Å². The molecule has 0 bridgehead atoms. The van der Waals surface area contributed by atoms with Gasteiger partial charge in [0.15, 0.2) is 5.69 Å². The summed E-state index contributed by atoms with van der Waals surface area (Å²) in [6, 6.07) is 0.957. The number of hydrogen-bond donors (Lipinski definition) is 2. The number of aryl methyl sites for hydroxylation is 1. The maximum absolute atomic E-state index is 12.4. The van der Waals surface area contributed by atoms with E-state index in [1.165, 1.54) is 11.6 Å². The third-order valence-corrected chi connectivity index (χ3v) is 2.34. The Morgan fingerprint density at radius 1 is 1.65 bits per heavy atom. The first-order valence-electron chi connectivity index (χ1n) is 4.84. The van der Waals surface area contributed by atoms with Crippen molar-refractivity contribution in [1.82, 2.24) is 9.78 Å². The molecule has 1 unspecified atom stereocenters. The molecule has 1 aromatic rings. The first-order chi connectivity index (χ1) is 7.75. The van der Waals surface area contributed by atoms with Gasteiger partial charge in [-0.15, -0.1) is 0 Å². The number of aromatic nitrogens is 2. The standard InChI is InChI=1S/C9H13F3N4O/c1-5(8(13)15-17)4-16-6(2)3-7(14-16)9(10,11)12/h3,5,17H,4H2,1-2H3,(H2,13,15). The first kappa shape index (κ1) is 13.3. The first-order valence-corrected chi connectivity index (χ1v) is 4.84. The van der Waals surface area contributed by atoms with Gasteiger partial charge in [0.25, 0.3) is 0 Å². The molecule has 0 aliphatic rings. The largest absolute Gasteiger partial charge is 0.435 e. The van der Waals surface area contributed by atoms with Gasteiger partial charge in [0.2, 0.25) is 0 Å². The van der Waals surface area contributed by atoms with Gasteiger partial charge in [0, 0.05) is 11.6 Å². The fourth-order valence-corrected chi connectivity index (χ4v) is 1.28. The van der Waals surface area contributed by atoms with Crippen LogP contribution in [0.4, 0.5) is 13.2 Å². The minimum absolute atomic E-state index is 0.0477. The summed E-state index contributed by atoms with van der Waals surface area (Å²) in [6.07, 6.45) is -4.46. The summed E-state index contributed by atoms with van der Waals surface area (Å²) < 4.78 is 38.3. The van der Waals surface area contributed by atoms with Crippen molar-refractivity contribution in [3.63, 3.8) is 0 Å². The Balaban J connectivity index is 2.90. The smallest absolute Gasteiger partial charge is 0.409 e. The molecule has 0 spiro atoms. The van der Waals surface area contributed by atoms with Crippen LogP contribution in [0.5, 0.6) is 0 Å². The lowest BCUT2D eigenvalue weighted by atomic mass is 10.1. The van der Waals surface area contributed by atoms with Crippen LogP contribution in [0, 0.1) is 12.8 Å². The molecular formula is C9H13F3N4O. The number of hydrogen-bond acceptors (Lipinski definition) is 3. The monoisotopic (exact) mass is 250 g/mol. The second-order valence-electron chi connectivity index (χ2n) is 3.78. The summed E-state index contributed by atoms with van der Waals surface area (Å²) in [5.74, 6) is -0.451. The quantitative estimate of drug-likeness (QED) is 0.370. The van der Waals surface area contributed by atoms with E-state index in [1.54, 1.807) is 6.92 Å². The van der Waals surface area contributed by atoms with E-state index in [4.69, 9.17) is 10.9 Å². The van der Waals surface area contributed by atoms with Crippen LogP contribution in [0.25, 0.3) is 0 Å². The Morgan fingerprint density at radius 2 is 2.24 bits per heavy atom. The van der Waals surface area contributed by atoms with Gasteiger partial charge in [-0.2, -0.15) is 18.3 Å². The molecule has 1 rings (SSSR count). The Kier molecular flexibility index (Phi) is 3.64. The molecular weight excluding hydrogens is 237 g/mol. The van der Waals surface area contributed by atoms with Gasteiger partial charge in [0.1, 0.15) is 5.84 Å². The van der Waals surface area contributed by atoms with Crippen molar-refractivity contribution < 1.29 is 18.4 Å². The lowest BCUT2D eigenvalue weighted by Gasteiger charge is -2.11. The zero-order valence-electron chi connectivity index (χ0n) is 9.36. The third-order valence-electron chi connectivity index (χ3n) is 2.34. The number of rotatable bonds is 3. The van der Waals surface area contributed by atoms with Gasteiger partial charge in [0.05, 0.1) is 6.54 Å². The highest BCUT2D eigenvalue weighted by molar-refractivity contribution is 5.81. The van der Waals surface area contributed by atoms with Crippen LogP contribution in [0.2, 0.25) is 0 Å². The molecule has 0 saturated carbocycles. The fourth-order valence-electron chi connectivity index (χ4n) is 1.28. The zero-order chi connectivity index (χ0) is 13.2. The molecule has 0 aromatic carbocycles. The van der Waals surface area contributed by atoms with Crippen LogP contribution in [0.3, 0.4) is 0 Å². The summed E-state index contributed by atoms with van der Waals surface area (Å²) in [4.78, 5) is 0. The Hall–Kier alpha value is -1.73. The van der Waals surface area contributed by atoms with E-state index < -0.39 is 17.8 Å². The topological polar surface area (TPSA) is 76.4 Å². The summed E-state index contributed by atoms with van der Waals surface area (Å²) in [5, 5.41) is 14.7. The van der Waals surface area contributed by atoms with Crippen molar-refractivity contribution >= 4 is 5.84 Å². The molecule has 1 heterocycles.